The Kier molecular flexibility index (Phi) is 2.27. The van der Waals surface area contributed by atoms with Crippen LogP contribution in [0.15, 0.2) is 12.1 Å². The summed E-state index contributed by atoms with van der Waals surface area (Å²) in [4.78, 5) is 11.5. The van der Waals surface area contributed by atoms with E-state index >= 15 is 0 Å². The first kappa shape index (κ1) is 10.2. The molecule has 0 atom stereocenters. The number of hydrogen-bond acceptors (Lipinski definition) is 2. The third-order valence-electron chi connectivity index (χ3n) is 2.68. The van der Waals surface area contributed by atoms with Crippen molar-refractivity contribution in [2.45, 2.75) is 20.8 Å². The molecule has 2 rings (SSSR count). The Labute approximate surface area is 92.2 Å². The zero-order chi connectivity index (χ0) is 11.2. The molecule has 0 saturated heterocycles. The van der Waals surface area contributed by atoms with Crippen molar-refractivity contribution in [3.63, 3.8) is 0 Å². The average Bonchev–Trinajstić information content (AvgIpc) is 2.51. The average molecular weight is 220 g/mol. The topological polar surface area (TPSA) is 37.3 Å². The number of hydrogen-bond donors (Lipinski definition) is 1. The highest BCUT2D eigenvalue weighted by Crippen LogP contribution is 2.35. The van der Waals surface area contributed by atoms with Crippen molar-refractivity contribution in [2.24, 2.45) is 0 Å². The van der Waals surface area contributed by atoms with Crippen LogP contribution in [0.25, 0.3) is 10.1 Å². The minimum absolute atomic E-state index is 0.461. The van der Waals surface area contributed by atoms with Crippen molar-refractivity contribution in [3.8, 4) is 0 Å². The second-order valence-electron chi connectivity index (χ2n) is 3.76. The number of benzene rings is 1. The highest BCUT2D eigenvalue weighted by atomic mass is 32.1. The van der Waals surface area contributed by atoms with E-state index in [9.17, 15) is 4.79 Å². The molecule has 0 aliphatic heterocycles. The molecule has 2 aromatic rings. The summed E-state index contributed by atoms with van der Waals surface area (Å²) in [5.74, 6) is -0.826. The van der Waals surface area contributed by atoms with E-state index in [2.05, 4.69) is 0 Å². The molecule has 0 saturated carbocycles. The second kappa shape index (κ2) is 3.35. The van der Waals surface area contributed by atoms with Gasteiger partial charge in [-0.05, 0) is 42.8 Å². The number of aryl methyl sites for hydroxylation is 3. The Morgan fingerprint density at radius 3 is 2.33 bits per heavy atom. The fourth-order valence-corrected chi connectivity index (χ4v) is 3.07. The van der Waals surface area contributed by atoms with Gasteiger partial charge in [-0.15, -0.1) is 11.3 Å². The predicted octanol–water partition coefficient (Wildman–Crippen LogP) is 3.52. The SMILES string of the molecule is Cc1ccc(C)c2c(C)c(C(=O)O)sc12. The molecule has 0 spiro atoms. The molecule has 0 amide bonds. The van der Waals surface area contributed by atoms with Gasteiger partial charge in [0.05, 0.1) is 0 Å². The number of aromatic carboxylic acids is 1. The van der Waals surface area contributed by atoms with Gasteiger partial charge in [-0.2, -0.15) is 0 Å². The second-order valence-corrected chi connectivity index (χ2v) is 4.79. The number of carbonyl (C=O) groups is 1. The molecular weight excluding hydrogens is 208 g/mol. The Hall–Kier alpha value is -1.35. The Morgan fingerprint density at radius 2 is 1.80 bits per heavy atom. The van der Waals surface area contributed by atoms with Gasteiger partial charge in [0.1, 0.15) is 4.88 Å². The molecule has 2 nitrogen and oxygen atoms in total. The fraction of sp³-hybridized carbons (Fsp3) is 0.250. The van der Waals surface area contributed by atoms with Gasteiger partial charge >= 0.3 is 5.97 Å². The molecule has 0 aliphatic carbocycles. The molecular formula is C12H12O2S. The van der Waals surface area contributed by atoms with Crippen molar-refractivity contribution in [1.29, 1.82) is 0 Å². The third-order valence-corrected chi connectivity index (χ3v) is 4.09. The Balaban J connectivity index is 2.93. The first-order valence-corrected chi connectivity index (χ1v) is 5.56. The van der Waals surface area contributed by atoms with Gasteiger partial charge in [0.15, 0.2) is 0 Å². The quantitative estimate of drug-likeness (QED) is 0.798. The van der Waals surface area contributed by atoms with Crippen LogP contribution in [0.3, 0.4) is 0 Å². The number of rotatable bonds is 1. The van der Waals surface area contributed by atoms with E-state index in [1.807, 2.05) is 32.9 Å². The molecule has 0 bridgehead atoms. The third kappa shape index (κ3) is 1.43. The molecule has 3 heteroatoms. The largest absolute Gasteiger partial charge is 0.477 e. The first-order valence-electron chi connectivity index (χ1n) is 4.75. The molecule has 1 N–H and O–H groups in total. The molecule has 0 fully saturated rings. The van der Waals surface area contributed by atoms with Crippen LogP contribution in [0.2, 0.25) is 0 Å². The zero-order valence-corrected chi connectivity index (χ0v) is 9.73. The number of carboxylic acid groups (broad SMARTS) is 1. The van der Waals surface area contributed by atoms with Crippen LogP contribution in [0.5, 0.6) is 0 Å². The summed E-state index contributed by atoms with van der Waals surface area (Å²) in [6, 6.07) is 4.09. The van der Waals surface area contributed by atoms with Gasteiger partial charge in [0.25, 0.3) is 0 Å². The van der Waals surface area contributed by atoms with Crippen molar-refractivity contribution < 1.29 is 9.90 Å². The summed E-state index contributed by atoms with van der Waals surface area (Å²) < 4.78 is 1.10. The summed E-state index contributed by atoms with van der Waals surface area (Å²) in [6.45, 7) is 5.92. The van der Waals surface area contributed by atoms with Crippen LogP contribution in [-0.4, -0.2) is 11.1 Å². The van der Waals surface area contributed by atoms with Gasteiger partial charge in [0, 0.05) is 4.70 Å². The molecule has 15 heavy (non-hydrogen) atoms. The van der Waals surface area contributed by atoms with Gasteiger partial charge < -0.3 is 5.11 Å². The number of carboxylic acids is 1. The fourth-order valence-electron chi connectivity index (χ4n) is 1.88. The van der Waals surface area contributed by atoms with Gasteiger partial charge in [-0.25, -0.2) is 4.79 Å². The smallest absolute Gasteiger partial charge is 0.346 e. The van der Waals surface area contributed by atoms with E-state index in [1.165, 1.54) is 11.3 Å². The van der Waals surface area contributed by atoms with E-state index in [0.717, 1.165) is 26.8 Å². The van der Waals surface area contributed by atoms with E-state index < -0.39 is 5.97 Å². The van der Waals surface area contributed by atoms with Crippen LogP contribution < -0.4 is 0 Å². The summed E-state index contributed by atoms with van der Waals surface area (Å²) in [7, 11) is 0. The highest BCUT2D eigenvalue weighted by Gasteiger charge is 2.16. The lowest BCUT2D eigenvalue weighted by Gasteiger charge is -2.00. The van der Waals surface area contributed by atoms with E-state index in [0.29, 0.717) is 4.88 Å². The highest BCUT2D eigenvalue weighted by molar-refractivity contribution is 7.21. The lowest BCUT2D eigenvalue weighted by atomic mass is 10.0. The minimum atomic E-state index is -0.826. The number of fused-ring (bicyclic) bond motifs is 1. The molecule has 0 unspecified atom stereocenters. The maximum atomic E-state index is 11.0. The Bertz CT molecular complexity index is 552. The minimum Gasteiger partial charge on any atom is -0.477 e. The summed E-state index contributed by atoms with van der Waals surface area (Å²) in [5.41, 5.74) is 3.19. The normalized spacial score (nSPS) is 10.9. The van der Waals surface area contributed by atoms with E-state index in [4.69, 9.17) is 5.11 Å². The predicted molar refractivity (Wildman–Crippen MR) is 63.0 cm³/mol. The van der Waals surface area contributed by atoms with Crippen LogP contribution in [-0.2, 0) is 0 Å². The van der Waals surface area contributed by atoms with Gasteiger partial charge in [0.2, 0.25) is 0 Å². The molecule has 1 heterocycles. The monoisotopic (exact) mass is 220 g/mol. The molecule has 0 radical (unpaired) electrons. The molecule has 0 aliphatic rings. The Morgan fingerprint density at radius 1 is 1.20 bits per heavy atom. The van der Waals surface area contributed by atoms with Crippen molar-refractivity contribution in [3.05, 3.63) is 33.7 Å². The maximum absolute atomic E-state index is 11.0. The standard InChI is InChI=1S/C12H12O2S/c1-6-4-5-7(2)10-9(6)8(3)11(15-10)12(13)14/h4-5H,1-3H3,(H,13,14). The van der Waals surface area contributed by atoms with Crippen LogP contribution in [0, 0.1) is 20.8 Å². The van der Waals surface area contributed by atoms with E-state index in [1.54, 1.807) is 0 Å². The zero-order valence-electron chi connectivity index (χ0n) is 8.92. The van der Waals surface area contributed by atoms with Crippen LogP contribution in [0.1, 0.15) is 26.4 Å². The van der Waals surface area contributed by atoms with Crippen LogP contribution >= 0.6 is 11.3 Å². The lowest BCUT2D eigenvalue weighted by Crippen LogP contribution is -1.93. The summed E-state index contributed by atoms with van der Waals surface area (Å²) >= 11 is 1.37. The molecule has 1 aromatic carbocycles. The maximum Gasteiger partial charge on any atom is 0.346 e. The van der Waals surface area contributed by atoms with E-state index in [-0.39, 0.29) is 0 Å². The molecule has 1 aromatic heterocycles. The van der Waals surface area contributed by atoms with Crippen molar-refractivity contribution in [2.75, 3.05) is 0 Å². The first-order chi connectivity index (χ1) is 7.02. The van der Waals surface area contributed by atoms with Gasteiger partial charge in [-0.1, -0.05) is 12.1 Å². The summed E-state index contributed by atoms with van der Waals surface area (Å²) in [6.07, 6.45) is 0. The molecule has 78 valence electrons. The van der Waals surface area contributed by atoms with Gasteiger partial charge in [-0.3, -0.25) is 0 Å². The lowest BCUT2D eigenvalue weighted by molar-refractivity contribution is 0.0701. The van der Waals surface area contributed by atoms with Crippen molar-refractivity contribution >= 4 is 27.4 Å². The number of thiophene rings is 1. The van der Waals surface area contributed by atoms with Crippen LogP contribution in [0.4, 0.5) is 0 Å². The van der Waals surface area contributed by atoms with Crippen molar-refractivity contribution in [1.82, 2.24) is 0 Å². The summed E-state index contributed by atoms with van der Waals surface area (Å²) in [5, 5.41) is 10.2.